The summed E-state index contributed by atoms with van der Waals surface area (Å²) in [6, 6.07) is 2.64. The first-order valence-electron chi connectivity index (χ1n) is 17.6. The molecule has 3 atom stereocenters. The summed E-state index contributed by atoms with van der Waals surface area (Å²) in [5.41, 5.74) is 30.4. The molecule has 1 unspecified atom stereocenters. The maximum Gasteiger partial charge on any atom is 0.249 e. The fraction of sp³-hybridized carbons (Fsp3) is 0.686. The Balaban J connectivity index is 1.41. The maximum atomic E-state index is 14.4. The molecule has 1 heterocycles. The molecule has 264 valence electrons. The van der Waals surface area contributed by atoms with Crippen molar-refractivity contribution >= 4 is 17.8 Å². The molecule has 4 aliphatic carbocycles. The van der Waals surface area contributed by atoms with Gasteiger partial charge in [0.05, 0.1) is 5.92 Å². The Morgan fingerprint density at radius 1 is 1.06 bits per heavy atom. The Bertz CT molecular complexity index is 1430. The average molecular weight is 666 g/mol. The minimum absolute atomic E-state index is 0.0704. The van der Waals surface area contributed by atoms with Gasteiger partial charge in [0.1, 0.15) is 17.3 Å². The van der Waals surface area contributed by atoms with Crippen molar-refractivity contribution in [2.24, 2.45) is 62.7 Å². The second-order valence-electron chi connectivity index (χ2n) is 15.1. The Morgan fingerprint density at radius 2 is 1.69 bits per heavy atom. The molecule has 1 aromatic heterocycles. The summed E-state index contributed by atoms with van der Waals surface area (Å²) >= 11 is 0. The van der Waals surface area contributed by atoms with Gasteiger partial charge >= 0.3 is 0 Å². The van der Waals surface area contributed by atoms with Crippen molar-refractivity contribution in [2.45, 2.75) is 109 Å². The van der Waals surface area contributed by atoms with E-state index in [-0.39, 0.29) is 36.5 Å². The van der Waals surface area contributed by atoms with Crippen LogP contribution in [-0.4, -0.2) is 51.6 Å². The average Bonchev–Trinajstić information content (AvgIpc) is 3.45. The molecule has 0 aliphatic heterocycles. The van der Waals surface area contributed by atoms with Crippen LogP contribution in [0.1, 0.15) is 105 Å². The molecule has 12 N–H and O–H groups in total. The van der Waals surface area contributed by atoms with Gasteiger partial charge in [0, 0.05) is 13.0 Å². The van der Waals surface area contributed by atoms with E-state index in [1.807, 2.05) is 13.8 Å². The molecule has 4 saturated carbocycles. The maximum absolute atomic E-state index is 14.4. The van der Waals surface area contributed by atoms with E-state index in [0.29, 0.717) is 31.1 Å². The molecule has 1 aromatic carbocycles. The van der Waals surface area contributed by atoms with E-state index in [1.54, 1.807) is 12.1 Å². The van der Waals surface area contributed by atoms with Crippen LogP contribution in [0.2, 0.25) is 0 Å². The molecule has 48 heavy (non-hydrogen) atoms. The number of aryl methyl sites for hydroxylation is 2. The predicted octanol–water partition coefficient (Wildman–Crippen LogP) is 2.53. The highest BCUT2D eigenvalue weighted by Gasteiger charge is 2.51. The number of phenols is 1. The molecular formula is C35H55N9O4. The summed E-state index contributed by atoms with van der Waals surface area (Å²) in [4.78, 5) is 36.4. The number of unbranched alkanes of at least 4 members (excludes halogenated alkanes) is 1. The molecule has 13 heteroatoms. The van der Waals surface area contributed by atoms with Crippen LogP contribution >= 0.6 is 0 Å². The number of carbonyl (C=O) groups excluding carboxylic acids is 2. The molecule has 2 amide bonds. The lowest BCUT2D eigenvalue weighted by atomic mass is 9.49. The van der Waals surface area contributed by atoms with Gasteiger partial charge in [-0.1, -0.05) is 5.16 Å². The van der Waals surface area contributed by atoms with Gasteiger partial charge in [-0.2, -0.15) is 4.98 Å². The van der Waals surface area contributed by atoms with Gasteiger partial charge in [0.15, 0.2) is 11.8 Å². The minimum atomic E-state index is -1.74. The van der Waals surface area contributed by atoms with E-state index in [9.17, 15) is 14.7 Å². The van der Waals surface area contributed by atoms with E-state index in [0.717, 1.165) is 53.7 Å². The van der Waals surface area contributed by atoms with Crippen LogP contribution in [0.15, 0.2) is 21.6 Å². The van der Waals surface area contributed by atoms with Crippen LogP contribution in [0.3, 0.4) is 0 Å². The number of aliphatic imine (C=N–C) groups is 1. The minimum Gasteiger partial charge on any atom is -0.508 e. The van der Waals surface area contributed by atoms with Gasteiger partial charge in [-0.05, 0) is 149 Å². The Hall–Kier alpha value is -3.71. The lowest BCUT2D eigenvalue weighted by molar-refractivity contribution is -0.135. The highest BCUT2D eigenvalue weighted by Crippen LogP contribution is 2.60. The normalized spacial score (nSPS) is 25.3. The number of phenolic OH excluding ortho intramolecular Hbond substituents is 1. The predicted molar refractivity (Wildman–Crippen MR) is 183 cm³/mol. The fourth-order valence-electron chi connectivity index (χ4n) is 9.40. The number of nitrogens with zero attached hydrogens (tertiary/aromatic N) is 3. The highest BCUT2D eigenvalue weighted by atomic mass is 16.5. The lowest BCUT2D eigenvalue weighted by Crippen LogP contribution is -2.62. The summed E-state index contributed by atoms with van der Waals surface area (Å²) in [6.45, 7) is 4.42. The van der Waals surface area contributed by atoms with E-state index < -0.39 is 29.3 Å². The van der Waals surface area contributed by atoms with Gasteiger partial charge in [0.25, 0.3) is 0 Å². The number of guanidine groups is 1. The van der Waals surface area contributed by atoms with Gasteiger partial charge in [0.2, 0.25) is 17.7 Å². The zero-order chi connectivity index (χ0) is 34.6. The van der Waals surface area contributed by atoms with Crippen molar-refractivity contribution in [1.82, 2.24) is 15.5 Å². The molecular weight excluding hydrogens is 610 g/mol. The van der Waals surface area contributed by atoms with Crippen molar-refractivity contribution in [3.8, 4) is 5.75 Å². The number of primary amides is 1. The fourth-order valence-corrected chi connectivity index (χ4v) is 9.40. The SMILES string of the molecule is Cc1cc(O)cc(C)c1C[C@H](C(=O)N[C@@H](CCCCN)c1nc(CC23CC4CC(CC(C4)C2)C3)no1)C(N)(CCCN=C(N)N)C(N)=O. The van der Waals surface area contributed by atoms with Gasteiger partial charge in [-0.15, -0.1) is 0 Å². The molecule has 6 rings (SSSR count). The van der Waals surface area contributed by atoms with Crippen LogP contribution in [0.4, 0.5) is 0 Å². The lowest BCUT2D eigenvalue weighted by Gasteiger charge is -2.56. The van der Waals surface area contributed by atoms with Crippen LogP contribution in [0.25, 0.3) is 0 Å². The third-order valence-corrected chi connectivity index (χ3v) is 11.3. The first kappa shape index (κ1) is 35.6. The molecule has 4 aliphatic rings. The second-order valence-corrected chi connectivity index (χ2v) is 15.1. The largest absolute Gasteiger partial charge is 0.508 e. The molecule has 0 radical (unpaired) electrons. The van der Waals surface area contributed by atoms with Crippen LogP contribution in [-0.2, 0) is 22.4 Å². The van der Waals surface area contributed by atoms with E-state index >= 15 is 0 Å². The number of hydrogen-bond acceptors (Lipinski definition) is 9. The number of hydrogen-bond donors (Lipinski definition) is 7. The third kappa shape index (κ3) is 8.11. The van der Waals surface area contributed by atoms with Crippen molar-refractivity contribution in [3.63, 3.8) is 0 Å². The van der Waals surface area contributed by atoms with Crippen LogP contribution in [0.5, 0.6) is 5.75 Å². The van der Waals surface area contributed by atoms with Crippen LogP contribution < -0.4 is 34.0 Å². The summed E-state index contributed by atoms with van der Waals surface area (Å²) in [5, 5.41) is 17.7. The van der Waals surface area contributed by atoms with Gasteiger partial charge < -0.3 is 43.6 Å². The summed E-state index contributed by atoms with van der Waals surface area (Å²) < 4.78 is 5.86. The molecule has 4 fully saturated rings. The van der Waals surface area contributed by atoms with Crippen molar-refractivity contribution < 1.29 is 19.2 Å². The van der Waals surface area contributed by atoms with Crippen LogP contribution in [0, 0.1) is 42.9 Å². The summed E-state index contributed by atoms with van der Waals surface area (Å²) in [5.74, 6) is 1.15. The molecule has 0 saturated heterocycles. The quantitative estimate of drug-likeness (QED) is 0.0739. The zero-order valence-corrected chi connectivity index (χ0v) is 28.5. The van der Waals surface area contributed by atoms with Crippen molar-refractivity contribution in [3.05, 3.63) is 40.5 Å². The molecule has 13 nitrogen and oxygen atoms in total. The number of aromatic nitrogens is 2. The number of nitrogens with two attached hydrogens (primary N) is 5. The Kier molecular flexibility index (Phi) is 11.0. The molecule has 2 aromatic rings. The Morgan fingerprint density at radius 3 is 2.25 bits per heavy atom. The number of amides is 2. The third-order valence-electron chi connectivity index (χ3n) is 11.3. The molecule has 0 spiro atoms. The topological polar surface area (TPSA) is 248 Å². The van der Waals surface area contributed by atoms with E-state index in [2.05, 4.69) is 15.5 Å². The Labute approximate surface area is 283 Å². The number of aromatic hydroxyl groups is 1. The van der Waals surface area contributed by atoms with Gasteiger partial charge in [-0.3, -0.25) is 14.6 Å². The number of nitrogens with one attached hydrogen (secondary N) is 1. The number of benzene rings is 1. The summed E-state index contributed by atoms with van der Waals surface area (Å²) in [6.07, 6.45) is 11.1. The monoisotopic (exact) mass is 665 g/mol. The summed E-state index contributed by atoms with van der Waals surface area (Å²) in [7, 11) is 0. The zero-order valence-electron chi connectivity index (χ0n) is 28.5. The smallest absolute Gasteiger partial charge is 0.249 e. The van der Waals surface area contributed by atoms with Crippen molar-refractivity contribution in [2.75, 3.05) is 13.1 Å². The van der Waals surface area contributed by atoms with E-state index in [1.165, 1.54) is 38.5 Å². The van der Waals surface area contributed by atoms with E-state index in [4.69, 9.17) is 38.2 Å². The second kappa shape index (κ2) is 14.8. The first-order chi connectivity index (χ1) is 22.8. The highest BCUT2D eigenvalue weighted by molar-refractivity contribution is 5.93. The van der Waals surface area contributed by atoms with Gasteiger partial charge in [-0.25, -0.2) is 0 Å². The number of carbonyl (C=O) groups is 2. The molecule has 4 bridgehead atoms. The van der Waals surface area contributed by atoms with Crippen molar-refractivity contribution in [1.29, 1.82) is 0 Å². The standard InChI is InChI=1S/C35H55N9O4/c1-20-10-25(45)11-21(2)26(20)15-27(35(40,32(37)47)7-5-9-41-33(38)39)30(46)42-28(6-3-4-8-36)31-43-29(44-48-31)19-34-16-22-12-23(17-34)14-24(13-22)18-34/h10-11,22-24,27-28,45H,3-9,12-19,36,40H2,1-2H3,(H2,37,47)(H,42,46)(H4,38,39,41)/t22?,23?,24?,27-,28+,34?,35?/m1/s1. The number of rotatable bonds is 17. The first-order valence-corrected chi connectivity index (χ1v) is 17.6.